The first kappa shape index (κ1) is 12.6. The van der Waals surface area contributed by atoms with Crippen molar-refractivity contribution >= 4 is 29.6 Å². The molecule has 1 radical (unpaired) electrons. The summed E-state index contributed by atoms with van der Waals surface area (Å²) >= 11 is 0. The second-order valence-electron chi connectivity index (χ2n) is 1.73. The molecule has 0 amide bonds. The summed E-state index contributed by atoms with van der Waals surface area (Å²) in [5, 5.41) is 8.77. The van der Waals surface area contributed by atoms with Crippen LogP contribution in [-0.2, 0) is 4.74 Å². The fraction of sp³-hybridized carbons (Fsp3) is 1.00. The van der Waals surface area contributed by atoms with E-state index in [9.17, 15) is 0 Å². The fourth-order valence-corrected chi connectivity index (χ4v) is 0.372. The third kappa shape index (κ3) is 8.92. The maximum absolute atomic E-state index is 8.77. The monoisotopic (exact) mass is 141 g/mol. The van der Waals surface area contributed by atoms with E-state index < -0.39 is 6.29 Å². The Morgan fingerprint density at radius 1 is 1.44 bits per heavy atom. The molecular formula is C6H14NaO2. The van der Waals surface area contributed by atoms with Crippen LogP contribution in [0.15, 0.2) is 0 Å². The van der Waals surface area contributed by atoms with Crippen molar-refractivity contribution in [2.45, 2.75) is 33.0 Å². The van der Waals surface area contributed by atoms with Gasteiger partial charge in [0.1, 0.15) is 0 Å². The molecular weight excluding hydrogens is 127 g/mol. The third-order valence-corrected chi connectivity index (χ3v) is 0.864. The normalized spacial score (nSPS) is 12.3. The summed E-state index contributed by atoms with van der Waals surface area (Å²) in [7, 11) is 0. The molecule has 0 spiro atoms. The molecule has 0 aromatic carbocycles. The number of rotatable bonds is 4. The molecule has 0 aliphatic rings. The number of aliphatic hydroxyl groups excluding tert-OH is 1. The van der Waals surface area contributed by atoms with E-state index in [2.05, 4.69) is 0 Å². The summed E-state index contributed by atoms with van der Waals surface area (Å²) < 4.78 is 4.90. The molecule has 0 aliphatic carbocycles. The van der Waals surface area contributed by atoms with Crippen molar-refractivity contribution < 1.29 is 9.84 Å². The Morgan fingerprint density at radius 2 is 2.00 bits per heavy atom. The molecule has 1 N–H and O–H groups in total. The maximum Gasteiger partial charge on any atom is 0.154 e. The predicted octanol–water partition coefficient (Wildman–Crippen LogP) is 0.761. The van der Waals surface area contributed by atoms with Gasteiger partial charge < -0.3 is 9.84 Å². The number of hydrogen-bond acceptors (Lipinski definition) is 2. The van der Waals surface area contributed by atoms with Crippen LogP contribution in [0.25, 0.3) is 0 Å². The molecule has 9 heavy (non-hydrogen) atoms. The molecule has 0 fully saturated rings. The van der Waals surface area contributed by atoms with Crippen LogP contribution in [0, 0.1) is 0 Å². The molecule has 1 atom stereocenters. The van der Waals surface area contributed by atoms with Crippen molar-refractivity contribution in [3.63, 3.8) is 0 Å². The van der Waals surface area contributed by atoms with E-state index in [1.807, 2.05) is 13.8 Å². The van der Waals surface area contributed by atoms with Crippen LogP contribution in [0.3, 0.4) is 0 Å². The smallest absolute Gasteiger partial charge is 0.154 e. The molecule has 0 bridgehead atoms. The summed E-state index contributed by atoms with van der Waals surface area (Å²) in [6.07, 6.45) is 1.10. The minimum atomic E-state index is -0.546. The summed E-state index contributed by atoms with van der Waals surface area (Å²) in [5.74, 6) is 0. The molecule has 0 saturated heterocycles. The van der Waals surface area contributed by atoms with Crippen molar-refractivity contribution in [1.82, 2.24) is 0 Å². The molecule has 0 heterocycles. The SMILES string of the molecule is CCCOC(O)CC.[Na]. The first-order valence-corrected chi connectivity index (χ1v) is 3.11. The minimum absolute atomic E-state index is 0. The van der Waals surface area contributed by atoms with Gasteiger partial charge in [-0.3, -0.25) is 0 Å². The zero-order valence-corrected chi connectivity index (χ0v) is 8.55. The van der Waals surface area contributed by atoms with Crippen LogP contribution < -0.4 is 0 Å². The van der Waals surface area contributed by atoms with Crippen LogP contribution in [0.5, 0.6) is 0 Å². The van der Waals surface area contributed by atoms with Gasteiger partial charge in [-0.2, -0.15) is 0 Å². The van der Waals surface area contributed by atoms with Crippen molar-refractivity contribution in [1.29, 1.82) is 0 Å². The second kappa shape index (κ2) is 8.92. The van der Waals surface area contributed by atoms with E-state index >= 15 is 0 Å². The first-order valence-electron chi connectivity index (χ1n) is 3.11. The quantitative estimate of drug-likeness (QED) is 0.462. The predicted molar refractivity (Wildman–Crippen MR) is 38.3 cm³/mol. The summed E-state index contributed by atoms with van der Waals surface area (Å²) in [5.41, 5.74) is 0. The molecule has 0 aromatic rings. The standard InChI is InChI=1S/C6H14O2.Na/c1-3-5-8-6(7)4-2;/h6-7H,3-5H2,1-2H3;. The van der Waals surface area contributed by atoms with Gasteiger partial charge in [-0.05, 0) is 12.8 Å². The van der Waals surface area contributed by atoms with E-state index in [-0.39, 0.29) is 29.6 Å². The molecule has 0 aliphatic heterocycles. The molecule has 0 aromatic heterocycles. The fourth-order valence-electron chi connectivity index (χ4n) is 0.372. The van der Waals surface area contributed by atoms with Crippen molar-refractivity contribution in [2.24, 2.45) is 0 Å². The van der Waals surface area contributed by atoms with Gasteiger partial charge in [-0.1, -0.05) is 13.8 Å². The molecule has 0 saturated carbocycles. The molecule has 1 unspecified atom stereocenters. The first-order chi connectivity index (χ1) is 3.81. The Balaban J connectivity index is 0. The van der Waals surface area contributed by atoms with Gasteiger partial charge in [0.15, 0.2) is 6.29 Å². The van der Waals surface area contributed by atoms with Gasteiger partial charge in [0.25, 0.3) is 0 Å². The van der Waals surface area contributed by atoms with Crippen LogP contribution in [0.1, 0.15) is 26.7 Å². The Bertz CT molecular complexity index is 50.3. The molecule has 3 heteroatoms. The average Bonchev–Trinajstić information content (AvgIpc) is 1.83. The van der Waals surface area contributed by atoms with Crippen molar-refractivity contribution in [3.8, 4) is 0 Å². The summed E-state index contributed by atoms with van der Waals surface area (Å²) in [6, 6.07) is 0. The summed E-state index contributed by atoms with van der Waals surface area (Å²) in [6.45, 7) is 4.57. The number of hydrogen-bond donors (Lipinski definition) is 1. The van der Waals surface area contributed by atoms with Gasteiger partial charge in [0.05, 0.1) is 0 Å². The van der Waals surface area contributed by atoms with E-state index in [1.165, 1.54) is 0 Å². The van der Waals surface area contributed by atoms with Crippen molar-refractivity contribution in [3.05, 3.63) is 0 Å². The molecule has 51 valence electrons. The topological polar surface area (TPSA) is 29.5 Å². The van der Waals surface area contributed by atoms with Gasteiger partial charge >= 0.3 is 0 Å². The Hall–Kier alpha value is 0.920. The Morgan fingerprint density at radius 3 is 2.33 bits per heavy atom. The van der Waals surface area contributed by atoms with Crippen LogP contribution >= 0.6 is 0 Å². The van der Waals surface area contributed by atoms with Crippen LogP contribution in [0.2, 0.25) is 0 Å². The molecule has 2 nitrogen and oxygen atoms in total. The second-order valence-corrected chi connectivity index (χ2v) is 1.73. The maximum atomic E-state index is 8.77. The zero-order chi connectivity index (χ0) is 6.41. The van der Waals surface area contributed by atoms with Gasteiger partial charge in [0.2, 0.25) is 0 Å². The van der Waals surface area contributed by atoms with E-state index in [0.29, 0.717) is 13.0 Å². The largest absolute Gasteiger partial charge is 0.368 e. The Kier molecular flexibility index (Phi) is 12.5. The van der Waals surface area contributed by atoms with Crippen LogP contribution in [0.4, 0.5) is 0 Å². The van der Waals surface area contributed by atoms with E-state index in [0.717, 1.165) is 6.42 Å². The summed E-state index contributed by atoms with van der Waals surface area (Å²) in [4.78, 5) is 0. The number of ether oxygens (including phenoxy) is 1. The van der Waals surface area contributed by atoms with E-state index in [1.54, 1.807) is 0 Å². The van der Waals surface area contributed by atoms with Crippen molar-refractivity contribution in [2.75, 3.05) is 6.61 Å². The van der Waals surface area contributed by atoms with Gasteiger partial charge in [-0.25, -0.2) is 0 Å². The average molecular weight is 141 g/mol. The van der Waals surface area contributed by atoms with Crippen LogP contribution in [-0.4, -0.2) is 47.6 Å². The van der Waals surface area contributed by atoms with E-state index in [4.69, 9.17) is 9.84 Å². The van der Waals surface area contributed by atoms with Gasteiger partial charge in [0, 0.05) is 36.2 Å². The zero-order valence-electron chi connectivity index (χ0n) is 6.55. The minimum Gasteiger partial charge on any atom is -0.368 e. The Labute approximate surface area is 78.9 Å². The molecule has 0 rings (SSSR count). The third-order valence-electron chi connectivity index (χ3n) is 0.864. The van der Waals surface area contributed by atoms with Gasteiger partial charge in [-0.15, -0.1) is 0 Å². The number of aliphatic hydroxyl groups is 1.